The normalized spacial score (nSPS) is 16.8. The highest BCUT2D eigenvalue weighted by molar-refractivity contribution is 5.95. The van der Waals surface area contributed by atoms with E-state index in [1.54, 1.807) is 0 Å². The van der Waals surface area contributed by atoms with Gasteiger partial charge in [0, 0.05) is 6.08 Å². The molecule has 1 aliphatic rings. The summed E-state index contributed by atoms with van der Waals surface area (Å²) in [5.41, 5.74) is 6.62. The van der Waals surface area contributed by atoms with Crippen LogP contribution in [0.15, 0.2) is 18.2 Å². The molecule has 4 heteroatoms. The van der Waals surface area contributed by atoms with E-state index in [1.165, 1.54) is 12.1 Å². The van der Waals surface area contributed by atoms with E-state index >= 15 is 0 Å². The molecule has 15 heavy (non-hydrogen) atoms. The summed E-state index contributed by atoms with van der Waals surface area (Å²) in [5.74, 6) is -2.24. The van der Waals surface area contributed by atoms with Gasteiger partial charge in [-0.15, -0.1) is 0 Å². The lowest BCUT2D eigenvalue weighted by Gasteiger charge is -2.02. The fourth-order valence-corrected chi connectivity index (χ4v) is 1.85. The molecule has 0 fully saturated rings. The lowest BCUT2D eigenvalue weighted by atomic mass is 10.1. The number of hydrogen-bond acceptors (Lipinski definition) is 1. The summed E-state index contributed by atoms with van der Waals surface area (Å²) in [5, 5.41) is 0. The molecule has 0 atom stereocenters. The molecule has 0 heterocycles. The molecule has 1 aromatic carbocycles. The van der Waals surface area contributed by atoms with Crippen molar-refractivity contribution in [2.24, 2.45) is 5.73 Å². The topological polar surface area (TPSA) is 43.1 Å². The summed E-state index contributed by atoms with van der Waals surface area (Å²) in [6.45, 7) is 0. The Kier molecular flexibility index (Phi) is 2.26. The average Bonchev–Trinajstić information content (AvgIpc) is 2.55. The van der Waals surface area contributed by atoms with E-state index in [-0.39, 0.29) is 0 Å². The molecule has 2 rings (SSSR count). The van der Waals surface area contributed by atoms with Gasteiger partial charge in [0.05, 0.1) is 0 Å². The van der Waals surface area contributed by atoms with Gasteiger partial charge in [-0.2, -0.15) is 0 Å². The first kappa shape index (κ1) is 9.83. The van der Waals surface area contributed by atoms with Crippen LogP contribution in [0.1, 0.15) is 17.5 Å². The Hall–Kier alpha value is -1.71. The van der Waals surface area contributed by atoms with E-state index in [1.807, 2.05) is 0 Å². The number of amides is 1. The van der Waals surface area contributed by atoms with Crippen LogP contribution in [-0.4, -0.2) is 5.91 Å². The maximum absolute atomic E-state index is 13.3. The van der Waals surface area contributed by atoms with Crippen molar-refractivity contribution in [3.63, 3.8) is 0 Å². The molecule has 2 nitrogen and oxygen atoms in total. The zero-order chi connectivity index (χ0) is 11.0. The van der Waals surface area contributed by atoms with E-state index in [0.29, 0.717) is 29.5 Å². The summed E-state index contributed by atoms with van der Waals surface area (Å²) in [6, 6.07) is 2.55. The second-order valence-corrected chi connectivity index (χ2v) is 3.46. The van der Waals surface area contributed by atoms with Crippen LogP contribution >= 0.6 is 0 Å². The van der Waals surface area contributed by atoms with E-state index in [0.717, 1.165) is 6.07 Å². The molecule has 0 unspecified atom stereocenters. The van der Waals surface area contributed by atoms with Crippen LogP contribution in [0.25, 0.3) is 5.57 Å². The molecule has 78 valence electrons. The number of allylic oxidation sites excluding steroid dienone is 1. The summed E-state index contributed by atoms with van der Waals surface area (Å²) >= 11 is 0. The molecule has 0 spiro atoms. The van der Waals surface area contributed by atoms with Crippen LogP contribution < -0.4 is 5.73 Å². The van der Waals surface area contributed by atoms with Crippen LogP contribution in [0.5, 0.6) is 0 Å². The van der Waals surface area contributed by atoms with Crippen molar-refractivity contribution in [3.8, 4) is 0 Å². The van der Waals surface area contributed by atoms with Gasteiger partial charge in [0.1, 0.15) is 0 Å². The predicted octanol–water partition coefficient (Wildman–Crippen LogP) is 1.78. The van der Waals surface area contributed by atoms with Gasteiger partial charge in [-0.05, 0) is 35.6 Å². The maximum atomic E-state index is 13.3. The van der Waals surface area contributed by atoms with E-state index in [2.05, 4.69) is 0 Å². The van der Waals surface area contributed by atoms with Gasteiger partial charge in [-0.25, -0.2) is 8.78 Å². The summed E-state index contributed by atoms with van der Waals surface area (Å²) in [6.07, 6.45) is 2.21. The Morgan fingerprint density at radius 3 is 2.73 bits per heavy atom. The lowest BCUT2D eigenvalue weighted by molar-refractivity contribution is -0.113. The summed E-state index contributed by atoms with van der Waals surface area (Å²) in [4.78, 5) is 10.7. The van der Waals surface area contributed by atoms with Crippen molar-refractivity contribution in [2.75, 3.05) is 0 Å². The standard InChI is InChI=1S/C11H9F2NO/c12-9-4-3-7-6(5-10(14)15)1-2-8(7)11(9)13/h3-5H,1-2H2,(H2,14,15)/b6-5-. The quantitative estimate of drug-likeness (QED) is 0.704. The summed E-state index contributed by atoms with van der Waals surface area (Å²) < 4.78 is 26.2. The Labute approximate surface area is 85.4 Å². The molecule has 0 saturated heterocycles. The second kappa shape index (κ2) is 3.46. The highest BCUT2D eigenvalue weighted by Crippen LogP contribution is 2.34. The third-order valence-electron chi connectivity index (χ3n) is 2.50. The van der Waals surface area contributed by atoms with Crippen LogP contribution in [0.3, 0.4) is 0 Å². The smallest absolute Gasteiger partial charge is 0.241 e. The van der Waals surface area contributed by atoms with Crippen molar-refractivity contribution in [2.45, 2.75) is 12.8 Å². The van der Waals surface area contributed by atoms with Gasteiger partial charge in [0.2, 0.25) is 5.91 Å². The number of carbonyl (C=O) groups excluding carboxylic acids is 1. The minimum atomic E-state index is -0.853. The van der Waals surface area contributed by atoms with Crippen LogP contribution in [0, 0.1) is 11.6 Å². The van der Waals surface area contributed by atoms with Gasteiger partial charge >= 0.3 is 0 Å². The van der Waals surface area contributed by atoms with Gasteiger partial charge in [-0.3, -0.25) is 4.79 Å². The van der Waals surface area contributed by atoms with E-state index < -0.39 is 17.5 Å². The fourth-order valence-electron chi connectivity index (χ4n) is 1.85. The third-order valence-corrected chi connectivity index (χ3v) is 2.50. The minimum Gasteiger partial charge on any atom is -0.366 e. The van der Waals surface area contributed by atoms with Crippen LogP contribution in [-0.2, 0) is 11.2 Å². The molecule has 1 amide bonds. The number of halogens is 2. The Bertz CT molecular complexity index is 466. The molecular formula is C11H9F2NO. The number of rotatable bonds is 1. The number of fused-ring (bicyclic) bond motifs is 1. The highest BCUT2D eigenvalue weighted by Gasteiger charge is 2.22. The fraction of sp³-hybridized carbons (Fsp3) is 0.182. The van der Waals surface area contributed by atoms with Crippen molar-refractivity contribution >= 4 is 11.5 Å². The molecular weight excluding hydrogens is 200 g/mol. The zero-order valence-corrected chi connectivity index (χ0v) is 7.89. The minimum absolute atomic E-state index is 0.336. The third kappa shape index (κ3) is 1.63. The van der Waals surface area contributed by atoms with Crippen molar-refractivity contribution < 1.29 is 13.6 Å². The SMILES string of the molecule is NC(=O)/C=C1/CCc2c1ccc(F)c2F. The van der Waals surface area contributed by atoms with E-state index in [4.69, 9.17) is 5.73 Å². The highest BCUT2D eigenvalue weighted by atomic mass is 19.2. The lowest BCUT2D eigenvalue weighted by Crippen LogP contribution is -2.06. The molecule has 0 saturated carbocycles. The van der Waals surface area contributed by atoms with Crippen molar-refractivity contribution in [3.05, 3.63) is 41.0 Å². The van der Waals surface area contributed by atoms with Crippen molar-refractivity contribution in [1.29, 1.82) is 0 Å². The monoisotopic (exact) mass is 209 g/mol. The molecule has 1 aliphatic carbocycles. The Balaban J connectivity index is 2.54. The maximum Gasteiger partial charge on any atom is 0.241 e. The number of nitrogens with two attached hydrogens (primary N) is 1. The molecule has 2 N–H and O–H groups in total. The van der Waals surface area contributed by atoms with Crippen molar-refractivity contribution in [1.82, 2.24) is 0 Å². The van der Waals surface area contributed by atoms with Gasteiger partial charge < -0.3 is 5.73 Å². The Morgan fingerprint density at radius 2 is 2.07 bits per heavy atom. The first-order chi connectivity index (χ1) is 7.09. The first-order valence-electron chi connectivity index (χ1n) is 4.57. The van der Waals surface area contributed by atoms with Crippen LogP contribution in [0.2, 0.25) is 0 Å². The first-order valence-corrected chi connectivity index (χ1v) is 4.57. The Morgan fingerprint density at radius 1 is 1.33 bits per heavy atom. The molecule has 1 aromatic rings. The van der Waals surface area contributed by atoms with Gasteiger partial charge in [0.25, 0.3) is 0 Å². The number of carbonyl (C=O) groups is 1. The zero-order valence-electron chi connectivity index (χ0n) is 7.89. The number of hydrogen-bond donors (Lipinski definition) is 1. The summed E-state index contributed by atoms with van der Waals surface area (Å²) in [7, 11) is 0. The van der Waals surface area contributed by atoms with Gasteiger partial charge in [0.15, 0.2) is 11.6 Å². The van der Waals surface area contributed by atoms with E-state index in [9.17, 15) is 13.6 Å². The number of benzene rings is 1. The van der Waals surface area contributed by atoms with Gasteiger partial charge in [-0.1, -0.05) is 6.07 Å². The largest absolute Gasteiger partial charge is 0.366 e. The molecule has 0 aromatic heterocycles. The molecule has 0 radical (unpaired) electrons. The van der Waals surface area contributed by atoms with Crippen LogP contribution in [0.4, 0.5) is 8.78 Å². The molecule has 0 aliphatic heterocycles. The molecule has 0 bridgehead atoms. The second-order valence-electron chi connectivity index (χ2n) is 3.46. The predicted molar refractivity (Wildman–Crippen MR) is 51.9 cm³/mol. The average molecular weight is 209 g/mol. The number of primary amides is 1.